The van der Waals surface area contributed by atoms with Crippen LogP contribution in [0.1, 0.15) is 17.0 Å². The van der Waals surface area contributed by atoms with Crippen LogP contribution in [0.2, 0.25) is 5.02 Å². The van der Waals surface area contributed by atoms with Gasteiger partial charge in [0.25, 0.3) is 0 Å². The van der Waals surface area contributed by atoms with E-state index in [0.717, 1.165) is 78.3 Å². The van der Waals surface area contributed by atoms with E-state index in [2.05, 4.69) is 51.4 Å². The summed E-state index contributed by atoms with van der Waals surface area (Å²) in [5.41, 5.74) is 6.13. The van der Waals surface area contributed by atoms with Gasteiger partial charge >= 0.3 is 0 Å². The molecular formula is C26H30ClN7. The van der Waals surface area contributed by atoms with Gasteiger partial charge in [-0.3, -0.25) is 4.90 Å². The number of fused-ring (bicyclic) bond motifs is 1. The average Bonchev–Trinajstić information content (AvgIpc) is 3.16. The van der Waals surface area contributed by atoms with E-state index in [1.165, 1.54) is 11.3 Å². The van der Waals surface area contributed by atoms with Gasteiger partial charge in [0.15, 0.2) is 11.6 Å². The fourth-order valence-electron chi connectivity index (χ4n) is 4.50. The Morgan fingerprint density at radius 1 is 0.912 bits per heavy atom. The molecule has 8 heteroatoms. The molecular weight excluding hydrogens is 446 g/mol. The molecule has 0 saturated carbocycles. The summed E-state index contributed by atoms with van der Waals surface area (Å²) >= 11 is 6.17. The van der Waals surface area contributed by atoms with Gasteiger partial charge in [-0.1, -0.05) is 23.7 Å². The molecule has 1 fully saturated rings. The quantitative estimate of drug-likeness (QED) is 0.438. The highest BCUT2D eigenvalue weighted by molar-refractivity contribution is 6.30. The van der Waals surface area contributed by atoms with Crippen LogP contribution in [0.3, 0.4) is 0 Å². The predicted molar refractivity (Wildman–Crippen MR) is 139 cm³/mol. The number of nitrogens with zero attached hydrogens (tertiary/aromatic N) is 6. The van der Waals surface area contributed by atoms with Gasteiger partial charge in [0.1, 0.15) is 0 Å². The van der Waals surface area contributed by atoms with E-state index in [1.54, 1.807) is 0 Å². The van der Waals surface area contributed by atoms with Gasteiger partial charge < -0.3 is 10.2 Å². The van der Waals surface area contributed by atoms with Crippen LogP contribution in [-0.2, 0) is 0 Å². The van der Waals surface area contributed by atoms with Gasteiger partial charge in [0.2, 0.25) is 0 Å². The summed E-state index contributed by atoms with van der Waals surface area (Å²) in [6.07, 6.45) is 0. The molecule has 0 amide bonds. The third-order valence-electron chi connectivity index (χ3n) is 6.28. The van der Waals surface area contributed by atoms with Crippen molar-refractivity contribution in [3.8, 4) is 5.82 Å². The van der Waals surface area contributed by atoms with Crippen molar-refractivity contribution < 1.29 is 0 Å². The van der Waals surface area contributed by atoms with Crippen molar-refractivity contribution in [2.45, 2.75) is 20.8 Å². The molecule has 7 nitrogen and oxygen atoms in total. The summed E-state index contributed by atoms with van der Waals surface area (Å²) < 4.78 is 1.89. The molecule has 0 unspecified atom stereocenters. The van der Waals surface area contributed by atoms with Crippen LogP contribution >= 0.6 is 11.6 Å². The van der Waals surface area contributed by atoms with Crippen LogP contribution in [-0.4, -0.2) is 63.9 Å². The standard InChI is InChI=1S/C26H30ClN7/c1-18-7-8-23-24(15-18)30-26(34-20(3)16-19(2)31-34)25(29-23)28-9-10-32-11-13-33(14-12-32)22-6-4-5-21(27)17-22/h4-8,15-17H,9-14H2,1-3H3,(H,28,29). The summed E-state index contributed by atoms with van der Waals surface area (Å²) in [4.78, 5) is 14.7. The number of piperazine rings is 1. The Kier molecular flexibility index (Phi) is 6.39. The first-order valence-electron chi connectivity index (χ1n) is 11.7. The topological polar surface area (TPSA) is 62.1 Å². The van der Waals surface area contributed by atoms with Gasteiger partial charge in [0.05, 0.1) is 16.7 Å². The normalized spacial score (nSPS) is 14.6. The van der Waals surface area contributed by atoms with E-state index in [-0.39, 0.29) is 0 Å². The Labute approximate surface area is 205 Å². The van der Waals surface area contributed by atoms with E-state index in [9.17, 15) is 0 Å². The highest BCUT2D eigenvalue weighted by Crippen LogP contribution is 2.23. The predicted octanol–water partition coefficient (Wildman–Crippen LogP) is 4.63. The largest absolute Gasteiger partial charge is 0.369 e. The molecule has 5 rings (SSSR count). The van der Waals surface area contributed by atoms with Crippen LogP contribution < -0.4 is 10.2 Å². The zero-order valence-electron chi connectivity index (χ0n) is 19.9. The van der Waals surface area contributed by atoms with E-state index >= 15 is 0 Å². The van der Waals surface area contributed by atoms with Crippen molar-refractivity contribution in [2.75, 3.05) is 49.5 Å². The van der Waals surface area contributed by atoms with E-state index < -0.39 is 0 Å². The third kappa shape index (κ3) is 4.86. The maximum atomic E-state index is 6.17. The lowest BCUT2D eigenvalue weighted by Gasteiger charge is -2.36. The molecule has 1 aliphatic heterocycles. The zero-order valence-corrected chi connectivity index (χ0v) is 20.7. The summed E-state index contributed by atoms with van der Waals surface area (Å²) in [5.74, 6) is 1.51. The van der Waals surface area contributed by atoms with Crippen molar-refractivity contribution in [3.63, 3.8) is 0 Å². The Bertz CT molecular complexity index is 1310. The van der Waals surface area contributed by atoms with Crippen LogP contribution in [0.4, 0.5) is 11.5 Å². The lowest BCUT2D eigenvalue weighted by atomic mass is 10.2. The maximum absolute atomic E-state index is 6.17. The molecule has 1 saturated heterocycles. The fraction of sp³-hybridized carbons (Fsp3) is 0.346. The number of benzene rings is 2. The number of rotatable bonds is 6. The number of aryl methyl sites for hydroxylation is 3. The molecule has 1 N–H and O–H groups in total. The number of aromatic nitrogens is 4. The molecule has 176 valence electrons. The van der Waals surface area contributed by atoms with E-state index in [1.807, 2.05) is 42.8 Å². The Morgan fingerprint density at radius 2 is 1.74 bits per heavy atom. The molecule has 4 aromatic rings. The molecule has 3 heterocycles. The molecule has 0 spiro atoms. The first-order chi connectivity index (χ1) is 16.5. The Balaban J connectivity index is 1.28. The second kappa shape index (κ2) is 9.60. The second-order valence-electron chi connectivity index (χ2n) is 8.96. The van der Waals surface area contributed by atoms with Crippen molar-refractivity contribution in [2.24, 2.45) is 0 Å². The van der Waals surface area contributed by atoms with E-state index in [0.29, 0.717) is 0 Å². The summed E-state index contributed by atoms with van der Waals surface area (Å²) in [7, 11) is 0. The van der Waals surface area contributed by atoms with Gasteiger partial charge in [-0.05, 0) is 62.7 Å². The third-order valence-corrected chi connectivity index (χ3v) is 6.51. The van der Waals surface area contributed by atoms with Crippen molar-refractivity contribution >= 4 is 34.1 Å². The van der Waals surface area contributed by atoms with Crippen molar-refractivity contribution in [3.05, 3.63) is 70.5 Å². The minimum Gasteiger partial charge on any atom is -0.369 e. The lowest BCUT2D eigenvalue weighted by Crippen LogP contribution is -2.47. The van der Waals surface area contributed by atoms with Crippen LogP contribution in [0.25, 0.3) is 16.9 Å². The van der Waals surface area contributed by atoms with Gasteiger partial charge in [0, 0.05) is 55.7 Å². The molecule has 0 bridgehead atoms. The molecule has 2 aromatic carbocycles. The SMILES string of the molecule is Cc1ccc2nc(NCCN3CCN(c4cccc(Cl)c4)CC3)c(-n3nc(C)cc3C)nc2c1. The first-order valence-corrected chi connectivity index (χ1v) is 12.1. The first kappa shape index (κ1) is 22.6. The van der Waals surface area contributed by atoms with Crippen LogP contribution in [0, 0.1) is 20.8 Å². The van der Waals surface area contributed by atoms with Crippen LogP contribution in [0.15, 0.2) is 48.5 Å². The van der Waals surface area contributed by atoms with Gasteiger partial charge in [-0.15, -0.1) is 0 Å². The van der Waals surface area contributed by atoms with Gasteiger partial charge in [-0.2, -0.15) is 5.10 Å². The smallest absolute Gasteiger partial charge is 0.197 e. The maximum Gasteiger partial charge on any atom is 0.197 e. The molecule has 0 radical (unpaired) electrons. The summed E-state index contributed by atoms with van der Waals surface area (Å²) in [5, 5.41) is 8.99. The molecule has 0 aliphatic carbocycles. The average molecular weight is 476 g/mol. The van der Waals surface area contributed by atoms with Crippen LogP contribution in [0.5, 0.6) is 0 Å². The van der Waals surface area contributed by atoms with Crippen molar-refractivity contribution in [1.29, 1.82) is 0 Å². The second-order valence-corrected chi connectivity index (χ2v) is 9.40. The van der Waals surface area contributed by atoms with Gasteiger partial charge in [-0.25, -0.2) is 14.6 Å². The van der Waals surface area contributed by atoms with Crippen molar-refractivity contribution in [1.82, 2.24) is 24.6 Å². The summed E-state index contributed by atoms with van der Waals surface area (Å²) in [6.45, 7) is 11.9. The number of anilines is 2. The monoisotopic (exact) mass is 475 g/mol. The Hall–Kier alpha value is -3.16. The number of hydrogen-bond donors (Lipinski definition) is 1. The molecule has 0 atom stereocenters. The molecule has 34 heavy (non-hydrogen) atoms. The molecule has 1 aliphatic rings. The zero-order chi connectivity index (χ0) is 23.7. The minimum absolute atomic E-state index is 0.745. The number of nitrogens with one attached hydrogen (secondary N) is 1. The highest BCUT2D eigenvalue weighted by atomic mass is 35.5. The highest BCUT2D eigenvalue weighted by Gasteiger charge is 2.18. The molecule has 2 aromatic heterocycles. The number of hydrogen-bond acceptors (Lipinski definition) is 6. The Morgan fingerprint density at radius 3 is 2.47 bits per heavy atom. The lowest BCUT2D eigenvalue weighted by molar-refractivity contribution is 0.267. The minimum atomic E-state index is 0.745. The number of halogens is 1. The summed E-state index contributed by atoms with van der Waals surface area (Å²) in [6, 6.07) is 16.3. The van der Waals surface area contributed by atoms with E-state index in [4.69, 9.17) is 21.6 Å². The fourth-order valence-corrected chi connectivity index (χ4v) is 4.68.